The molecule has 154 valence electrons. The van der Waals surface area contributed by atoms with Crippen LogP contribution in [0.3, 0.4) is 0 Å². The zero-order chi connectivity index (χ0) is 21.5. The van der Waals surface area contributed by atoms with Crippen molar-refractivity contribution in [3.8, 4) is 22.8 Å². The Morgan fingerprint density at radius 1 is 0.938 bits per heavy atom. The summed E-state index contributed by atoms with van der Waals surface area (Å²) in [6, 6.07) is 13.5. The molecule has 0 unspecified atom stereocenters. The predicted molar refractivity (Wildman–Crippen MR) is 120 cm³/mol. The number of fused-ring (bicyclic) bond motifs is 2. The summed E-state index contributed by atoms with van der Waals surface area (Å²) >= 11 is 1.54. The first-order valence-electron chi connectivity index (χ1n) is 9.71. The van der Waals surface area contributed by atoms with Crippen LogP contribution in [0, 0.1) is 6.92 Å². The van der Waals surface area contributed by atoms with Gasteiger partial charge in [-0.1, -0.05) is 23.5 Å². The lowest BCUT2D eigenvalue weighted by molar-refractivity contribution is 0.851. The molecule has 0 radical (unpaired) electrons. The van der Waals surface area contributed by atoms with Gasteiger partial charge in [0.2, 0.25) is 5.95 Å². The maximum Gasteiger partial charge on any atom is 0.272 e. The van der Waals surface area contributed by atoms with Crippen molar-refractivity contribution in [1.82, 2.24) is 44.7 Å². The number of hydrogen-bond acceptors (Lipinski definition) is 10. The van der Waals surface area contributed by atoms with E-state index in [4.69, 9.17) is 0 Å². The molecule has 0 aliphatic rings. The highest BCUT2D eigenvalue weighted by Crippen LogP contribution is 2.28. The van der Waals surface area contributed by atoms with Crippen molar-refractivity contribution in [2.24, 2.45) is 0 Å². The molecule has 0 amide bonds. The number of nitrogens with one attached hydrogen (secondary N) is 1. The molecule has 5 aromatic heterocycles. The van der Waals surface area contributed by atoms with E-state index in [1.165, 1.54) is 0 Å². The van der Waals surface area contributed by atoms with Crippen LogP contribution < -0.4 is 5.32 Å². The minimum atomic E-state index is 0.409. The number of thiazole rings is 1. The summed E-state index contributed by atoms with van der Waals surface area (Å²) < 4.78 is 2.75. The molecule has 1 aromatic carbocycles. The average molecular weight is 438 g/mol. The Hall–Kier alpha value is -4.38. The van der Waals surface area contributed by atoms with Gasteiger partial charge in [0.05, 0.1) is 21.6 Å². The minimum absolute atomic E-state index is 0.409. The summed E-state index contributed by atoms with van der Waals surface area (Å²) in [6.45, 7) is 1.90. The van der Waals surface area contributed by atoms with Gasteiger partial charge in [-0.25, -0.2) is 15.0 Å². The van der Waals surface area contributed by atoms with Crippen molar-refractivity contribution in [3.63, 3.8) is 0 Å². The number of nitrogens with zero attached hydrogens (tertiary/aromatic N) is 9. The van der Waals surface area contributed by atoms with Crippen LogP contribution in [0.15, 0.2) is 61.1 Å². The second-order valence-electron chi connectivity index (χ2n) is 6.90. The lowest BCUT2D eigenvalue weighted by atomic mass is 10.2. The molecule has 1 N–H and O–H groups in total. The van der Waals surface area contributed by atoms with Crippen molar-refractivity contribution in [3.05, 3.63) is 66.7 Å². The van der Waals surface area contributed by atoms with Crippen LogP contribution in [0.2, 0.25) is 0 Å². The average Bonchev–Trinajstić information content (AvgIpc) is 3.44. The monoisotopic (exact) mass is 438 g/mol. The van der Waals surface area contributed by atoms with Crippen LogP contribution in [0.25, 0.3) is 38.8 Å². The Morgan fingerprint density at radius 3 is 2.75 bits per heavy atom. The van der Waals surface area contributed by atoms with Crippen molar-refractivity contribution < 1.29 is 0 Å². The molecular formula is C21H14N10S. The van der Waals surface area contributed by atoms with Gasteiger partial charge in [-0.3, -0.25) is 10.3 Å². The van der Waals surface area contributed by atoms with Gasteiger partial charge in [-0.05, 0) is 37.3 Å². The van der Waals surface area contributed by atoms with Crippen LogP contribution in [0.1, 0.15) is 5.69 Å². The Balaban J connectivity index is 1.36. The normalized spacial score (nSPS) is 11.3. The van der Waals surface area contributed by atoms with E-state index in [1.807, 2.05) is 43.3 Å². The van der Waals surface area contributed by atoms with Crippen molar-refractivity contribution in [1.29, 1.82) is 0 Å². The summed E-state index contributed by atoms with van der Waals surface area (Å²) in [6.07, 6.45) is 5.09. The largest absolute Gasteiger partial charge is 0.300 e. The third-order valence-corrected chi connectivity index (χ3v) is 5.77. The zero-order valence-electron chi connectivity index (χ0n) is 16.7. The predicted octanol–water partition coefficient (Wildman–Crippen LogP) is 3.70. The van der Waals surface area contributed by atoms with Gasteiger partial charge >= 0.3 is 0 Å². The van der Waals surface area contributed by atoms with Crippen LogP contribution >= 0.6 is 11.3 Å². The maximum absolute atomic E-state index is 4.61. The van der Waals surface area contributed by atoms with Crippen LogP contribution in [-0.2, 0) is 0 Å². The fourth-order valence-corrected chi connectivity index (χ4v) is 4.15. The Bertz CT molecular complexity index is 1540. The summed E-state index contributed by atoms with van der Waals surface area (Å²) in [5.41, 5.74) is 3.72. The number of pyridine rings is 1. The van der Waals surface area contributed by atoms with Gasteiger partial charge < -0.3 is 0 Å². The SMILES string of the molecule is Cc1c(-c2ccnc(Nc3nc4ccccc4s3)n2)nnc2nc(-c3cccnc3)nn12. The van der Waals surface area contributed by atoms with E-state index in [0.29, 0.717) is 28.9 Å². The number of benzene rings is 1. The summed E-state index contributed by atoms with van der Waals surface area (Å²) in [4.78, 5) is 22.1. The highest BCUT2D eigenvalue weighted by molar-refractivity contribution is 7.22. The minimum Gasteiger partial charge on any atom is -0.300 e. The first-order chi connectivity index (χ1) is 15.7. The Morgan fingerprint density at radius 2 is 1.88 bits per heavy atom. The van der Waals surface area contributed by atoms with E-state index < -0.39 is 0 Å². The highest BCUT2D eigenvalue weighted by Gasteiger charge is 2.16. The van der Waals surface area contributed by atoms with Gasteiger partial charge in [0.1, 0.15) is 5.69 Å². The molecule has 0 bridgehead atoms. The lowest BCUT2D eigenvalue weighted by Crippen LogP contribution is -2.05. The van der Waals surface area contributed by atoms with Gasteiger partial charge in [-0.15, -0.1) is 15.3 Å². The Kier molecular flexibility index (Phi) is 4.25. The molecule has 6 rings (SSSR count). The molecule has 11 heteroatoms. The van der Waals surface area contributed by atoms with E-state index in [9.17, 15) is 0 Å². The van der Waals surface area contributed by atoms with E-state index in [2.05, 4.69) is 45.5 Å². The number of aryl methyl sites for hydroxylation is 1. The second-order valence-corrected chi connectivity index (χ2v) is 7.93. The van der Waals surface area contributed by atoms with Crippen molar-refractivity contribution in [2.75, 3.05) is 5.32 Å². The molecule has 10 nitrogen and oxygen atoms in total. The molecule has 0 aliphatic carbocycles. The third-order valence-electron chi connectivity index (χ3n) is 4.82. The van der Waals surface area contributed by atoms with E-state index in [1.54, 1.807) is 40.5 Å². The lowest BCUT2D eigenvalue weighted by Gasteiger charge is -2.06. The number of para-hydroxylation sites is 1. The molecule has 5 heterocycles. The first-order valence-corrected chi connectivity index (χ1v) is 10.5. The molecular weight excluding hydrogens is 424 g/mol. The van der Waals surface area contributed by atoms with E-state index in [0.717, 1.165) is 26.6 Å². The number of rotatable bonds is 4. The van der Waals surface area contributed by atoms with E-state index in [-0.39, 0.29) is 0 Å². The smallest absolute Gasteiger partial charge is 0.272 e. The van der Waals surface area contributed by atoms with Crippen LogP contribution in [0.4, 0.5) is 11.1 Å². The molecule has 0 aliphatic heterocycles. The van der Waals surface area contributed by atoms with Crippen molar-refractivity contribution in [2.45, 2.75) is 6.92 Å². The molecule has 0 spiro atoms. The van der Waals surface area contributed by atoms with Crippen molar-refractivity contribution >= 4 is 38.4 Å². The summed E-state index contributed by atoms with van der Waals surface area (Å²) in [5, 5.41) is 17.1. The highest BCUT2D eigenvalue weighted by atomic mass is 32.1. The fourth-order valence-electron chi connectivity index (χ4n) is 3.29. The molecule has 32 heavy (non-hydrogen) atoms. The molecule has 0 saturated heterocycles. The number of aromatic nitrogens is 9. The molecule has 0 fully saturated rings. The zero-order valence-corrected chi connectivity index (χ0v) is 17.5. The fraction of sp³-hybridized carbons (Fsp3) is 0.0476. The molecule has 6 aromatic rings. The van der Waals surface area contributed by atoms with Gasteiger partial charge in [0.25, 0.3) is 5.78 Å². The molecule has 0 saturated carbocycles. The summed E-state index contributed by atoms with van der Waals surface area (Å²) in [7, 11) is 0. The van der Waals surface area contributed by atoms with Gasteiger partial charge in [0.15, 0.2) is 11.0 Å². The van der Waals surface area contributed by atoms with Crippen LogP contribution in [-0.4, -0.2) is 44.7 Å². The molecule has 0 atom stereocenters. The third kappa shape index (κ3) is 3.20. The quantitative estimate of drug-likeness (QED) is 0.439. The Labute approximate surface area is 185 Å². The topological polar surface area (TPSA) is 120 Å². The van der Waals surface area contributed by atoms with E-state index >= 15 is 0 Å². The van der Waals surface area contributed by atoms with Crippen LogP contribution in [0.5, 0.6) is 0 Å². The second kappa shape index (κ2) is 7.39. The van der Waals surface area contributed by atoms with Gasteiger partial charge in [-0.2, -0.15) is 9.50 Å². The van der Waals surface area contributed by atoms with Gasteiger partial charge in [0, 0.05) is 24.2 Å². The standard InChI is InChI=1S/C21H14N10S/c1-12-17(28-29-20-26-18(30-31(12)20)13-5-4-9-22-11-13)15-8-10-23-19(24-15)27-21-25-14-6-2-3-7-16(14)32-21/h2-11H,1H3,(H,23,24,25,27). The maximum atomic E-state index is 4.61. The summed E-state index contributed by atoms with van der Waals surface area (Å²) in [5.74, 6) is 1.37. The number of hydrogen-bond donors (Lipinski definition) is 1. The number of anilines is 2. The first kappa shape index (κ1) is 18.4.